The van der Waals surface area contributed by atoms with E-state index in [1.165, 1.54) is 6.07 Å². The first-order valence-corrected chi connectivity index (χ1v) is 8.61. The van der Waals surface area contributed by atoms with Crippen molar-refractivity contribution < 1.29 is 13.7 Å². The number of aromatic nitrogens is 2. The van der Waals surface area contributed by atoms with Gasteiger partial charge in [-0.25, -0.2) is 4.39 Å². The highest BCUT2D eigenvalue weighted by Gasteiger charge is 2.33. The van der Waals surface area contributed by atoms with Crippen molar-refractivity contribution in [2.24, 2.45) is 5.73 Å². The van der Waals surface area contributed by atoms with E-state index in [2.05, 4.69) is 15.5 Å². The number of rotatable bonds is 6. The van der Waals surface area contributed by atoms with Gasteiger partial charge in [-0.15, -0.1) is 12.4 Å². The Balaban J connectivity index is 0.00000243. The maximum Gasteiger partial charge on any atom is 0.227 e. The molecule has 3 rings (SSSR count). The number of hydrogen-bond donors (Lipinski definition) is 2. The third kappa shape index (κ3) is 4.59. The SMILES string of the molecule is Cc1ccc(-c2noc(CCC(=O)NC3(CN)CCCC3)n2)cc1F.Cl. The molecule has 0 aliphatic heterocycles. The number of hydrogen-bond acceptors (Lipinski definition) is 5. The first-order valence-electron chi connectivity index (χ1n) is 8.61. The fraction of sp³-hybridized carbons (Fsp3) is 0.500. The van der Waals surface area contributed by atoms with Crippen molar-refractivity contribution in [2.45, 2.75) is 51.0 Å². The van der Waals surface area contributed by atoms with Gasteiger partial charge in [-0.1, -0.05) is 30.1 Å². The largest absolute Gasteiger partial charge is 0.349 e. The Kier molecular flexibility index (Phi) is 6.72. The van der Waals surface area contributed by atoms with Gasteiger partial charge in [0, 0.05) is 24.9 Å². The highest BCUT2D eigenvalue weighted by Crippen LogP contribution is 2.28. The average molecular weight is 383 g/mol. The van der Waals surface area contributed by atoms with Gasteiger partial charge in [-0.3, -0.25) is 4.79 Å². The zero-order valence-electron chi connectivity index (χ0n) is 14.8. The van der Waals surface area contributed by atoms with E-state index in [1.54, 1.807) is 19.1 Å². The minimum Gasteiger partial charge on any atom is -0.349 e. The summed E-state index contributed by atoms with van der Waals surface area (Å²) in [6.07, 6.45) is 4.65. The van der Waals surface area contributed by atoms with Gasteiger partial charge in [0.15, 0.2) is 0 Å². The Morgan fingerprint density at radius 3 is 2.77 bits per heavy atom. The number of halogens is 2. The van der Waals surface area contributed by atoms with Crippen molar-refractivity contribution in [1.29, 1.82) is 0 Å². The number of aryl methyl sites for hydroxylation is 2. The van der Waals surface area contributed by atoms with Crippen LogP contribution in [-0.2, 0) is 11.2 Å². The minimum atomic E-state index is -0.313. The van der Waals surface area contributed by atoms with E-state index in [-0.39, 0.29) is 36.1 Å². The zero-order valence-corrected chi connectivity index (χ0v) is 15.6. The number of amides is 1. The molecule has 0 spiro atoms. The topological polar surface area (TPSA) is 94.0 Å². The van der Waals surface area contributed by atoms with E-state index in [0.717, 1.165) is 25.7 Å². The number of benzene rings is 1. The van der Waals surface area contributed by atoms with Crippen molar-refractivity contribution in [2.75, 3.05) is 6.54 Å². The number of nitrogens with one attached hydrogen (secondary N) is 1. The van der Waals surface area contributed by atoms with Crippen LogP contribution in [0.25, 0.3) is 11.4 Å². The molecule has 142 valence electrons. The van der Waals surface area contributed by atoms with Gasteiger partial charge in [0.05, 0.1) is 5.54 Å². The highest BCUT2D eigenvalue weighted by atomic mass is 35.5. The molecule has 1 aromatic carbocycles. The molecule has 0 saturated heterocycles. The third-order valence-electron chi connectivity index (χ3n) is 4.82. The summed E-state index contributed by atoms with van der Waals surface area (Å²) in [4.78, 5) is 16.4. The van der Waals surface area contributed by atoms with E-state index in [0.29, 0.717) is 35.8 Å². The van der Waals surface area contributed by atoms with Crippen LogP contribution in [0.5, 0.6) is 0 Å². The number of carbonyl (C=O) groups excluding carboxylic acids is 1. The second-order valence-corrected chi connectivity index (χ2v) is 6.72. The van der Waals surface area contributed by atoms with E-state index in [1.807, 2.05) is 0 Å². The Bertz CT molecular complexity index is 759. The van der Waals surface area contributed by atoms with Crippen LogP contribution in [0, 0.1) is 12.7 Å². The molecule has 3 N–H and O–H groups in total. The van der Waals surface area contributed by atoms with Crippen molar-refractivity contribution in [3.05, 3.63) is 35.5 Å². The Morgan fingerprint density at radius 1 is 1.38 bits per heavy atom. The van der Waals surface area contributed by atoms with Crippen LogP contribution in [-0.4, -0.2) is 28.1 Å². The Labute approximate surface area is 158 Å². The molecule has 1 heterocycles. The third-order valence-corrected chi connectivity index (χ3v) is 4.82. The predicted octanol–water partition coefficient (Wildman–Crippen LogP) is 2.93. The van der Waals surface area contributed by atoms with Gasteiger partial charge in [0.2, 0.25) is 17.6 Å². The van der Waals surface area contributed by atoms with Crippen LogP contribution in [0.4, 0.5) is 4.39 Å². The summed E-state index contributed by atoms with van der Waals surface area (Å²) in [6.45, 7) is 2.15. The molecule has 0 unspecified atom stereocenters. The van der Waals surface area contributed by atoms with E-state index in [9.17, 15) is 9.18 Å². The first-order chi connectivity index (χ1) is 12.0. The molecular formula is C18H24ClFN4O2. The lowest BCUT2D eigenvalue weighted by Gasteiger charge is -2.28. The molecule has 0 radical (unpaired) electrons. The summed E-state index contributed by atoms with van der Waals surface area (Å²) in [5.74, 6) is 0.309. The maximum atomic E-state index is 13.6. The number of nitrogens with two attached hydrogens (primary N) is 1. The molecule has 26 heavy (non-hydrogen) atoms. The molecule has 1 aromatic heterocycles. The van der Waals surface area contributed by atoms with Crippen molar-refractivity contribution in [3.63, 3.8) is 0 Å². The second kappa shape index (κ2) is 8.60. The van der Waals surface area contributed by atoms with Crippen LogP contribution >= 0.6 is 12.4 Å². The Hall–Kier alpha value is -1.99. The van der Waals surface area contributed by atoms with Gasteiger partial charge in [0.1, 0.15) is 5.82 Å². The zero-order chi connectivity index (χ0) is 17.9. The molecule has 8 heteroatoms. The van der Waals surface area contributed by atoms with Crippen LogP contribution < -0.4 is 11.1 Å². The molecule has 0 atom stereocenters. The lowest BCUT2D eigenvalue weighted by Crippen LogP contribution is -2.51. The van der Waals surface area contributed by atoms with Gasteiger partial charge >= 0.3 is 0 Å². The van der Waals surface area contributed by atoms with Gasteiger partial charge in [-0.05, 0) is 31.4 Å². The smallest absolute Gasteiger partial charge is 0.227 e. The molecule has 1 amide bonds. The number of nitrogens with zero attached hydrogens (tertiary/aromatic N) is 2. The number of carbonyl (C=O) groups is 1. The monoisotopic (exact) mass is 382 g/mol. The lowest BCUT2D eigenvalue weighted by molar-refractivity contribution is -0.123. The molecular weight excluding hydrogens is 359 g/mol. The van der Waals surface area contributed by atoms with Crippen molar-refractivity contribution >= 4 is 18.3 Å². The van der Waals surface area contributed by atoms with E-state index in [4.69, 9.17) is 10.3 Å². The molecule has 1 saturated carbocycles. The summed E-state index contributed by atoms with van der Waals surface area (Å²) in [5.41, 5.74) is 6.69. The van der Waals surface area contributed by atoms with Gasteiger partial charge in [0.25, 0.3) is 0 Å². The van der Waals surface area contributed by atoms with Crippen LogP contribution in [0.15, 0.2) is 22.7 Å². The van der Waals surface area contributed by atoms with Crippen LogP contribution in [0.1, 0.15) is 43.6 Å². The van der Waals surface area contributed by atoms with Crippen LogP contribution in [0.2, 0.25) is 0 Å². The standard InChI is InChI=1S/C18H23FN4O2.ClH/c1-12-4-5-13(10-14(12)19)17-21-16(25-23-17)7-6-15(24)22-18(11-20)8-2-3-9-18;/h4-5,10H,2-3,6-9,11,20H2,1H3,(H,22,24);1H. The normalized spacial score (nSPS) is 15.5. The first kappa shape index (κ1) is 20.3. The fourth-order valence-electron chi connectivity index (χ4n) is 3.22. The fourth-order valence-corrected chi connectivity index (χ4v) is 3.22. The highest BCUT2D eigenvalue weighted by molar-refractivity contribution is 5.85. The summed E-state index contributed by atoms with van der Waals surface area (Å²) >= 11 is 0. The minimum absolute atomic E-state index is 0. The maximum absolute atomic E-state index is 13.6. The lowest BCUT2D eigenvalue weighted by atomic mass is 9.97. The van der Waals surface area contributed by atoms with E-state index >= 15 is 0 Å². The summed E-state index contributed by atoms with van der Waals surface area (Å²) in [6, 6.07) is 4.79. The summed E-state index contributed by atoms with van der Waals surface area (Å²) in [5, 5.41) is 6.92. The van der Waals surface area contributed by atoms with Gasteiger partial charge < -0.3 is 15.6 Å². The molecule has 0 bridgehead atoms. The quantitative estimate of drug-likeness (QED) is 0.801. The van der Waals surface area contributed by atoms with Crippen molar-refractivity contribution in [1.82, 2.24) is 15.5 Å². The second-order valence-electron chi connectivity index (χ2n) is 6.72. The molecule has 1 aliphatic carbocycles. The van der Waals surface area contributed by atoms with E-state index < -0.39 is 0 Å². The Morgan fingerprint density at radius 2 is 2.12 bits per heavy atom. The average Bonchev–Trinajstić information content (AvgIpc) is 3.25. The molecule has 6 nitrogen and oxygen atoms in total. The summed E-state index contributed by atoms with van der Waals surface area (Å²) in [7, 11) is 0. The van der Waals surface area contributed by atoms with Crippen molar-refractivity contribution in [3.8, 4) is 11.4 Å². The molecule has 1 fully saturated rings. The van der Waals surface area contributed by atoms with Crippen LogP contribution in [0.3, 0.4) is 0 Å². The van der Waals surface area contributed by atoms with Gasteiger partial charge in [-0.2, -0.15) is 4.98 Å². The predicted molar refractivity (Wildman–Crippen MR) is 98.4 cm³/mol. The molecule has 1 aliphatic rings. The molecule has 2 aromatic rings. The summed E-state index contributed by atoms with van der Waals surface area (Å²) < 4.78 is 18.8.